The van der Waals surface area contributed by atoms with Crippen LogP contribution in [-0.4, -0.2) is 37.8 Å². The van der Waals surface area contributed by atoms with E-state index in [0.717, 1.165) is 0 Å². The largest absolute Gasteiger partial charge is 0.492 e. The van der Waals surface area contributed by atoms with Crippen molar-refractivity contribution < 1.29 is 19.1 Å². The van der Waals surface area contributed by atoms with E-state index in [1.54, 1.807) is 43.5 Å². The van der Waals surface area contributed by atoms with E-state index in [1.807, 2.05) is 20.8 Å². The molecule has 166 valence electrons. The summed E-state index contributed by atoms with van der Waals surface area (Å²) in [7, 11) is 1.56. The van der Waals surface area contributed by atoms with E-state index < -0.39 is 17.9 Å². The summed E-state index contributed by atoms with van der Waals surface area (Å²) in [6.45, 7) is 6.00. The number of hydrogen-bond donors (Lipinski definition) is 2. The third-order valence-corrected chi connectivity index (χ3v) is 5.20. The van der Waals surface area contributed by atoms with Crippen LogP contribution in [0.5, 0.6) is 11.5 Å². The van der Waals surface area contributed by atoms with E-state index in [-0.39, 0.29) is 5.92 Å². The highest BCUT2D eigenvalue weighted by molar-refractivity contribution is 9.10. The lowest BCUT2D eigenvalue weighted by Gasteiger charge is -2.20. The lowest BCUT2D eigenvalue weighted by molar-refractivity contribution is -0.123. The molecule has 7 nitrogen and oxygen atoms in total. The quantitative estimate of drug-likeness (QED) is 0.386. The number of nitrogens with one attached hydrogen (secondary N) is 2. The molecule has 0 saturated carbocycles. The SMILES string of the molecule is CCOc1cc(/C=N/NC(=O)C(NC(=O)c2ccccc2Cl)C(C)C)cc(Br)c1OC. The second kappa shape index (κ2) is 11.7. The number of ether oxygens (including phenoxy) is 2. The number of hydrogen-bond acceptors (Lipinski definition) is 5. The fourth-order valence-corrected chi connectivity index (χ4v) is 3.61. The third kappa shape index (κ3) is 6.70. The minimum Gasteiger partial charge on any atom is -0.492 e. The zero-order valence-electron chi connectivity index (χ0n) is 17.7. The Balaban J connectivity index is 2.10. The number of nitrogens with zero attached hydrogens (tertiary/aromatic N) is 1. The molecule has 1 atom stereocenters. The van der Waals surface area contributed by atoms with Gasteiger partial charge in [-0.2, -0.15) is 5.10 Å². The van der Waals surface area contributed by atoms with Crippen LogP contribution >= 0.6 is 27.5 Å². The van der Waals surface area contributed by atoms with Gasteiger partial charge >= 0.3 is 0 Å². The normalized spacial score (nSPS) is 12.0. The van der Waals surface area contributed by atoms with Crippen LogP contribution in [-0.2, 0) is 4.79 Å². The number of hydrazone groups is 1. The first kappa shape index (κ1) is 24.7. The van der Waals surface area contributed by atoms with E-state index in [1.165, 1.54) is 6.21 Å². The highest BCUT2D eigenvalue weighted by atomic mass is 79.9. The Morgan fingerprint density at radius 3 is 2.58 bits per heavy atom. The van der Waals surface area contributed by atoms with Crippen LogP contribution in [0.2, 0.25) is 5.02 Å². The van der Waals surface area contributed by atoms with Crippen LogP contribution in [0.25, 0.3) is 0 Å². The van der Waals surface area contributed by atoms with Crippen molar-refractivity contribution in [2.75, 3.05) is 13.7 Å². The van der Waals surface area contributed by atoms with E-state index >= 15 is 0 Å². The fraction of sp³-hybridized carbons (Fsp3) is 0.318. The maximum absolute atomic E-state index is 12.6. The molecule has 0 fully saturated rings. The summed E-state index contributed by atoms with van der Waals surface area (Å²) >= 11 is 9.51. The van der Waals surface area contributed by atoms with Crippen molar-refractivity contribution in [1.82, 2.24) is 10.7 Å². The average Bonchev–Trinajstić information content (AvgIpc) is 2.72. The molecule has 2 aromatic carbocycles. The Morgan fingerprint density at radius 1 is 1.26 bits per heavy atom. The number of carbonyl (C=O) groups excluding carboxylic acids is 2. The molecule has 0 aromatic heterocycles. The summed E-state index contributed by atoms with van der Waals surface area (Å²) in [4.78, 5) is 25.2. The minimum atomic E-state index is -0.789. The molecule has 0 bridgehead atoms. The molecule has 2 aromatic rings. The van der Waals surface area contributed by atoms with Gasteiger partial charge in [0.15, 0.2) is 11.5 Å². The lowest BCUT2D eigenvalue weighted by Crippen LogP contribution is -2.48. The Kier molecular flexibility index (Phi) is 9.33. The Labute approximate surface area is 195 Å². The van der Waals surface area contributed by atoms with Crippen LogP contribution in [0, 0.1) is 5.92 Å². The molecule has 0 radical (unpaired) electrons. The van der Waals surface area contributed by atoms with Crippen molar-refractivity contribution in [3.63, 3.8) is 0 Å². The van der Waals surface area contributed by atoms with Crippen molar-refractivity contribution in [3.8, 4) is 11.5 Å². The summed E-state index contributed by atoms with van der Waals surface area (Å²) in [5.74, 6) is 0.0962. The summed E-state index contributed by atoms with van der Waals surface area (Å²) in [6.07, 6.45) is 1.48. The molecule has 0 aliphatic carbocycles. The Morgan fingerprint density at radius 2 is 1.97 bits per heavy atom. The highest BCUT2D eigenvalue weighted by Crippen LogP contribution is 2.36. The number of rotatable bonds is 9. The maximum atomic E-state index is 12.6. The fourth-order valence-electron chi connectivity index (χ4n) is 2.76. The van der Waals surface area contributed by atoms with Gasteiger partial charge < -0.3 is 14.8 Å². The molecule has 0 heterocycles. The number of halogens is 2. The third-order valence-electron chi connectivity index (χ3n) is 4.28. The van der Waals surface area contributed by atoms with Gasteiger partial charge in [0, 0.05) is 0 Å². The maximum Gasteiger partial charge on any atom is 0.262 e. The molecule has 0 spiro atoms. The van der Waals surface area contributed by atoms with Gasteiger partial charge in [-0.3, -0.25) is 9.59 Å². The van der Waals surface area contributed by atoms with E-state index in [9.17, 15) is 9.59 Å². The predicted octanol–water partition coefficient (Wildman–Crippen LogP) is 4.41. The first-order valence-electron chi connectivity index (χ1n) is 9.67. The molecular weight excluding hydrogens is 486 g/mol. The first-order chi connectivity index (χ1) is 14.8. The molecule has 31 heavy (non-hydrogen) atoms. The number of benzene rings is 2. The average molecular weight is 511 g/mol. The van der Waals surface area contributed by atoms with Crippen molar-refractivity contribution in [2.24, 2.45) is 11.0 Å². The number of methoxy groups -OCH3 is 1. The highest BCUT2D eigenvalue weighted by Gasteiger charge is 2.25. The second-order valence-corrected chi connectivity index (χ2v) is 8.14. The topological polar surface area (TPSA) is 89.0 Å². The van der Waals surface area contributed by atoms with Gasteiger partial charge in [-0.25, -0.2) is 5.43 Å². The summed E-state index contributed by atoms with van der Waals surface area (Å²) in [5.41, 5.74) is 3.47. The van der Waals surface area contributed by atoms with E-state index in [4.69, 9.17) is 21.1 Å². The van der Waals surface area contributed by atoms with Crippen LogP contribution in [0.3, 0.4) is 0 Å². The molecule has 2 amide bonds. The van der Waals surface area contributed by atoms with Crippen molar-refractivity contribution in [3.05, 3.63) is 57.0 Å². The first-order valence-corrected chi connectivity index (χ1v) is 10.8. The zero-order chi connectivity index (χ0) is 23.0. The van der Waals surface area contributed by atoms with Gasteiger partial charge in [0.1, 0.15) is 6.04 Å². The predicted molar refractivity (Wildman–Crippen MR) is 125 cm³/mol. The number of amides is 2. The molecular formula is C22H25BrClN3O4. The molecule has 9 heteroatoms. The molecule has 0 saturated heterocycles. The second-order valence-electron chi connectivity index (χ2n) is 6.88. The van der Waals surface area contributed by atoms with Gasteiger partial charge in [0.05, 0.1) is 35.0 Å². The molecule has 1 unspecified atom stereocenters. The van der Waals surface area contributed by atoms with Gasteiger partial charge in [0.25, 0.3) is 11.8 Å². The van der Waals surface area contributed by atoms with E-state index in [0.29, 0.717) is 38.7 Å². The molecule has 2 N–H and O–H groups in total. The van der Waals surface area contributed by atoms with Gasteiger partial charge in [0.2, 0.25) is 0 Å². The Bertz CT molecular complexity index is 966. The van der Waals surface area contributed by atoms with Crippen LogP contribution in [0.4, 0.5) is 0 Å². The van der Waals surface area contributed by atoms with Crippen LogP contribution < -0.4 is 20.2 Å². The molecule has 0 aliphatic rings. The zero-order valence-corrected chi connectivity index (χ0v) is 20.1. The standard InChI is InChI=1S/C22H25BrClN3O4/c1-5-31-18-11-14(10-16(23)20(18)30-4)12-25-27-22(29)19(13(2)3)26-21(28)15-8-6-7-9-17(15)24/h6-13,19H,5H2,1-4H3,(H,26,28)(H,27,29)/b25-12+. The van der Waals surface area contributed by atoms with Crippen molar-refractivity contribution >= 4 is 45.6 Å². The smallest absolute Gasteiger partial charge is 0.262 e. The number of carbonyl (C=O) groups is 2. The van der Waals surface area contributed by atoms with Crippen molar-refractivity contribution in [2.45, 2.75) is 26.8 Å². The van der Waals surface area contributed by atoms with Crippen LogP contribution in [0.1, 0.15) is 36.7 Å². The van der Waals surface area contributed by atoms with Gasteiger partial charge in [-0.05, 0) is 58.6 Å². The monoisotopic (exact) mass is 509 g/mol. The Hall–Kier alpha value is -2.58. The summed E-state index contributed by atoms with van der Waals surface area (Å²) in [5, 5.41) is 7.06. The molecule has 0 aliphatic heterocycles. The van der Waals surface area contributed by atoms with Crippen LogP contribution in [0.15, 0.2) is 46.0 Å². The van der Waals surface area contributed by atoms with E-state index in [2.05, 4.69) is 31.8 Å². The summed E-state index contributed by atoms with van der Waals surface area (Å²) in [6, 6.07) is 9.41. The summed E-state index contributed by atoms with van der Waals surface area (Å²) < 4.78 is 11.6. The van der Waals surface area contributed by atoms with Crippen molar-refractivity contribution in [1.29, 1.82) is 0 Å². The molecule has 2 rings (SSSR count). The van der Waals surface area contributed by atoms with Gasteiger partial charge in [-0.15, -0.1) is 0 Å². The minimum absolute atomic E-state index is 0.165. The van der Waals surface area contributed by atoms with Gasteiger partial charge in [-0.1, -0.05) is 37.6 Å². The lowest BCUT2D eigenvalue weighted by atomic mass is 10.0.